The molecule has 0 aliphatic carbocycles. The lowest BCUT2D eigenvalue weighted by Gasteiger charge is -2.05. The summed E-state index contributed by atoms with van der Waals surface area (Å²) in [6, 6.07) is 6.31. The number of nitrogens with zero attached hydrogens (tertiary/aromatic N) is 3. The van der Waals surface area contributed by atoms with Crippen LogP contribution in [0, 0.1) is 10.1 Å². The number of amides is 1. The Bertz CT molecular complexity index is 610. The lowest BCUT2D eigenvalue weighted by atomic mass is 10.1. The molecule has 0 unspecified atom stereocenters. The Morgan fingerprint density at radius 2 is 2.11 bits per heavy atom. The van der Waals surface area contributed by atoms with Gasteiger partial charge in [0.1, 0.15) is 0 Å². The predicted octanol–water partition coefficient (Wildman–Crippen LogP) is 2.13. The van der Waals surface area contributed by atoms with Crippen LogP contribution in [0.2, 0.25) is 0 Å². The fourth-order valence-electron chi connectivity index (χ4n) is 1.67. The standard InChI is InChI=1S/C12H11N3O3S/c1-13-12-14(2)11(16)10(19-12)7-8-5-3-4-6-9(8)15(17)18/h3-7H,1-2H3/b10-7-,13-12?. The van der Waals surface area contributed by atoms with Crippen LogP contribution in [0.4, 0.5) is 5.69 Å². The topological polar surface area (TPSA) is 75.8 Å². The van der Waals surface area contributed by atoms with E-state index in [1.54, 1.807) is 32.3 Å². The number of benzene rings is 1. The minimum Gasteiger partial charge on any atom is -0.290 e. The van der Waals surface area contributed by atoms with E-state index in [9.17, 15) is 14.9 Å². The first-order valence-electron chi connectivity index (χ1n) is 5.42. The third-order valence-corrected chi connectivity index (χ3v) is 3.77. The number of amidine groups is 1. The zero-order valence-electron chi connectivity index (χ0n) is 10.4. The van der Waals surface area contributed by atoms with Gasteiger partial charge in [0.15, 0.2) is 5.17 Å². The van der Waals surface area contributed by atoms with Crippen molar-refractivity contribution in [2.24, 2.45) is 4.99 Å². The molecule has 0 atom stereocenters. The number of para-hydroxylation sites is 1. The van der Waals surface area contributed by atoms with Crippen molar-refractivity contribution in [3.8, 4) is 0 Å². The number of hydrogen-bond donors (Lipinski definition) is 0. The SMILES string of the molecule is CN=C1S/C(=C\c2ccccc2[N+](=O)[O-])C(=O)N1C. The van der Waals surface area contributed by atoms with Crippen molar-refractivity contribution >= 4 is 34.6 Å². The highest BCUT2D eigenvalue weighted by atomic mass is 32.2. The van der Waals surface area contributed by atoms with Crippen LogP contribution >= 0.6 is 11.8 Å². The van der Waals surface area contributed by atoms with Crippen LogP contribution in [0.15, 0.2) is 34.2 Å². The minimum atomic E-state index is -0.463. The van der Waals surface area contributed by atoms with E-state index in [2.05, 4.69) is 4.99 Å². The summed E-state index contributed by atoms with van der Waals surface area (Å²) in [5, 5.41) is 11.5. The number of nitro benzene ring substituents is 1. The molecule has 0 bridgehead atoms. The second-order valence-corrected chi connectivity index (χ2v) is 4.81. The van der Waals surface area contributed by atoms with E-state index in [-0.39, 0.29) is 11.6 Å². The van der Waals surface area contributed by atoms with Crippen LogP contribution in [0.25, 0.3) is 6.08 Å². The Morgan fingerprint density at radius 3 is 2.68 bits per heavy atom. The summed E-state index contributed by atoms with van der Waals surface area (Å²) in [6.45, 7) is 0. The third-order valence-electron chi connectivity index (χ3n) is 2.61. The first-order chi connectivity index (χ1) is 9.04. The molecule has 2 rings (SSSR count). The summed E-state index contributed by atoms with van der Waals surface area (Å²) < 4.78 is 0. The molecular weight excluding hydrogens is 266 g/mol. The molecule has 0 aromatic heterocycles. The van der Waals surface area contributed by atoms with Crippen LogP contribution in [0.5, 0.6) is 0 Å². The molecule has 0 radical (unpaired) electrons. The summed E-state index contributed by atoms with van der Waals surface area (Å²) in [5.74, 6) is -0.205. The molecule has 0 spiro atoms. The van der Waals surface area contributed by atoms with Gasteiger partial charge in [-0.15, -0.1) is 0 Å². The van der Waals surface area contributed by atoms with Gasteiger partial charge >= 0.3 is 0 Å². The molecule has 1 fully saturated rings. The van der Waals surface area contributed by atoms with Crippen molar-refractivity contribution in [1.29, 1.82) is 0 Å². The van der Waals surface area contributed by atoms with Gasteiger partial charge in [0.2, 0.25) is 0 Å². The van der Waals surface area contributed by atoms with E-state index >= 15 is 0 Å². The molecule has 1 amide bonds. The fraction of sp³-hybridized carbons (Fsp3) is 0.167. The third kappa shape index (κ3) is 2.50. The molecule has 1 aromatic carbocycles. The Morgan fingerprint density at radius 1 is 1.42 bits per heavy atom. The summed E-state index contributed by atoms with van der Waals surface area (Å²) in [6.07, 6.45) is 1.53. The minimum absolute atomic E-state index is 0.0204. The number of nitro groups is 1. The first-order valence-corrected chi connectivity index (χ1v) is 6.24. The molecule has 98 valence electrons. The predicted molar refractivity (Wildman–Crippen MR) is 74.8 cm³/mol. The van der Waals surface area contributed by atoms with E-state index < -0.39 is 4.92 Å². The molecule has 1 saturated heterocycles. The van der Waals surface area contributed by atoms with Crippen LogP contribution in [0.1, 0.15) is 5.56 Å². The molecule has 0 saturated carbocycles. The van der Waals surface area contributed by atoms with Gasteiger partial charge in [0, 0.05) is 20.2 Å². The molecule has 1 aliphatic heterocycles. The summed E-state index contributed by atoms with van der Waals surface area (Å²) >= 11 is 1.21. The van der Waals surface area contributed by atoms with Crippen molar-refractivity contribution < 1.29 is 9.72 Å². The monoisotopic (exact) mass is 277 g/mol. The summed E-state index contributed by atoms with van der Waals surface area (Å²) in [5.41, 5.74) is 0.391. The van der Waals surface area contributed by atoms with Gasteiger partial charge < -0.3 is 0 Å². The van der Waals surface area contributed by atoms with E-state index in [4.69, 9.17) is 0 Å². The van der Waals surface area contributed by atoms with E-state index in [0.717, 1.165) is 0 Å². The number of carbonyl (C=O) groups is 1. The van der Waals surface area contributed by atoms with Gasteiger partial charge in [-0.05, 0) is 23.9 Å². The number of rotatable bonds is 2. The van der Waals surface area contributed by atoms with Crippen LogP contribution < -0.4 is 0 Å². The lowest BCUT2D eigenvalue weighted by molar-refractivity contribution is -0.385. The zero-order valence-corrected chi connectivity index (χ0v) is 11.2. The highest BCUT2D eigenvalue weighted by Gasteiger charge is 2.30. The average Bonchev–Trinajstić information content (AvgIpc) is 2.67. The van der Waals surface area contributed by atoms with Gasteiger partial charge in [-0.25, -0.2) is 0 Å². The van der Waals surface area contributed by atoms with Crippen molar-refractivity contribution in [3.63, 3.8) is 0 Å². The second kappa shape index (κ2) is 5.23. The number of hydrogen-bond acceptors (Lipinski definition) is 5. The maximum absolute atomic E-state index is 11.9. The Balaban J connectivity index is 2.43. The van der Waals surface area contributed by atoms with Crippen LogP contribution in [-0.2, 0) is 4.79 Å². The second-order valence-electron chi connectivity index (χ2n) is 3.80. The van der Waals surface area contributed by atoms with Gasteiger partial charge in [-0.3, -0.25) is 24.8 Å². The van der Waals surface area contributed by atoms with Crippen molar-refractivity contribution in [2.45, 2.75) is 0 Å². The van der Waals surface area contributed by atoms with Gasteiger partial charge in [-0.1, -0.05) is 12.1 Å². The molecule has 0 N–H and O–H groups in total. The zero-order chi connectivity index (χ0) is 14.0. The highest BCUT2D eigenvalue weighted by Crippen LogP contribution is 2.32. The van der Waals surface area contributed by atoms with Crippen LogP contribution in [-0.4, -0.2) is 35.0 Å². The highest BCUT2D eigenvalue weighted by molar-refractivity contribution is 8.18. The number of thioether (sulfide) groups is 1. The molecular formula is C12H11N3O3S. The molecule has 6 nitrogen and oxygen atoms in total. The molecule has 19 heavy (non-hydrogen) atoms. The molecule has 1 heterocycles. The quantitative estimate of drug-likeness (QED) is 0.471. The normalized spacial score (nSPS) is 19.5. The number of carbonyl (C=O) groups excluding carboxylic acids is 1. The van der Waals surface area contributed by atoms with E-state index in [1.165, 1.54) is 28.8 Å². The number of likely N-dealkylation sites (N-methyl/N-ethyl adjacent to an activating group) is 1. The maximum atomic E-state index is 11.9. The van der Waals surface area contributed by atoms with Gasteiger partial charge in [0.25, 0.3) is 11.6 Å². The fourth-order valence-corrected chi connectivity index (χ4v) is 2.58. The lowest BCUT2D eigenvalue weighted by Crippen LogP contribution is -2.23. The van der Waals surface area contributed by atoms with Gasteiger partial charge in [-0.2, -0.15) is 0 Å². The van der Waals surface area contributed by atoms with Crippen molar-refractivity contribution in [1.82, 2.24) is 4.90 Å². The first kappa shape index (κ1) is 13.3. The van der Waals surface area contributed by atoms with Crippen molar-refractivity contribution in [3.05, 3.63) is 44.8 Å². The van der Waals surface area contributed by atoms with Crippen molar-refractivity contribution in [2.75, 3.05) is 14.1 Å². The number of aliphatic imine (C=N–C) groups is 1. The Labute approximate surface area is 114 Å². The summed E-state index contributed by atoms with van der Waals surface area (Å²) in [4.78, 5) is 28.2. The maximum Gasteiger partial charge on any atom is 0.276 e. The average molecular weight is 277 g/mol. The molecule has 1 aliphatic rings. The molecule has 1 aromatic rings. The van der Waals surface area contributed by atoms with Gasteiger partial charge in [0.05, 0.1) is 15.4 Å². The Kier molecular flexibility index (Phi) is 3.66. The largest absolute Gasteiger partial charge is 0.290 e. The van der Waals surface area contributed by atoms with E-state index in [1.807, 2.05) is 0 Å². The Hall–Kier alpha value is -2.15. The van der Waals surface area contributed by atoms with Crippen LogP contribution in [0.3, 0.4) is 0 Å². The summed E-state index contributed by atoms with van der Waals surface area (Å²) in [7, 11) is 3.22. The molecule has 7 heteroatoms. The van der Waals surface area contributed by atoms with E-state index in [0.29, 0.717) is 15.6 Å². The smallest absolute Gasteiger partial charge is 0.276 e.